The van der Waals surface area contributed by atoms with Gasteiger partial charge >= 0.3 is 0 Å². The van der Waals surface area contributed by atoms with Gasteiger partial charge in [-0.05, 0) is 12.5 Å². The van der Waals surface area contributed by atoms with Gasteiger partial charge in [0.15, 0.2) is 0 Å². The monoisotopic (exact) mass is 159 g/mol. The van der Waals surface area contributed by atoms with Crippen LogP contribution >= 0.6 is 24.8 Å². The topological polar surface area (TPSA) is 12.0 Å². The molecule has 1 N–H and O–H groups in total. The molecule has 0 fully saturated rings. The zero-order valence-corrected chi connectivity index (χ0v) is 6.98. The van der Waals surface area contributed by atoms with E-state index in [4.69, 9.17) is 0 Å². The van der Waals surface area contributed by atoms with Crippen LogP contribution in [0.25, 0.3) is 0 Å². The molecule has 0 unspecified atom stereocenters. The van der Waals surface area contributed by atoms with Gasteiger partial charge in [-0.1, -0.05) is 18.8 Å². The van der Waals surface area contributed by atoms with Crippen molar-refractivity contribution in [3.63, 3.8) is 0 Å². The molecule has 0 aromatic rings. The first-order valence-electron chi connectivity index (χ1n) is 2.49. The fraction of sp³-hybridized carbons (Fsp3) is 0.333. The first-order chi connectivity index (χ1) is 4.16. The molecule has 9 heavy (non-hydrogen) atoms. The summed E-state index contributed by atoms with van der Waals surface area (Å²) in [5, 5.41) is 2.85. The standard InChI is InChI=1S/C6H9NS2/c1-3-5(2)4-7-6(8)9/h1,4H2,2H3,(H2,7,8,9). The highest BCUT2D eigenvalue weighted by Crippen LogP contribution is 1.85. The Labute approximate surface area is 66.2 Å². The Bertz CT molecular complexity index is 156. The smallest absolute Gasteiger partial charge is 0.130 e. The van der Waals surface area contributed by atoms with E-state index in [1.165, 1.54) is 0 Å². The van der Waals surface area contributed by atoms with Crippen molar-refractivity contribution < 1.29 is 0 Å². The van der Waals surface area contributed by atoms with Crippen LogP contribution in [0.3, 0.4) is 0 Å². The van der Waals surface area contributed by atoms with Gasteiger partial charge in [-0.15, -0.1) is 18.4 Å². The summed E-state index contributed by atoms with van der Waals surface area (Å²) in [4.78, 5) is 0. The lowest BCUT2D eigenvalue weighted by atomic mass is 10.3. The SMILES string of the molecule is C=C=C(C)CNC(=S)S. The third kappa shape index (κ3) is 5.63. The van der Waals surface area contributed by atoms with Crippen LogP contribution in [0.4, 0.5) is 0 Å². The molecule has 0 spiro atoms. The van der Waals surface area contributed by atoms with E-state index < -0.39 is 0 Å². The van der Waals surface area contributed by atoms with Crippen molar-refractivity contribution in [3.05, 3.63) is 17.9 Å². The van der Waals surface area contributed by atoms with Crippen LogP contribution in [0.5, 0.6) is 0 Å². The Morgan fingerprint density at radius 3 is 2.78 bits per heavy atom. The van der Waals surface area contributed by atoms with Gasteiger partial charge in [0.05, 0.1) is 0 Å². The number of thiol groups is 1. The van der Waals surface area contributed by atoms with Crippen LogP contribution in [0.15, 0.2) is 17.9 Å². The normalized spacial score (nSPS) is 7.78. The van der Waals surface area contributed by atoms with Crippen LogP contribution < -0.4 is 5.32 Å². The number of hydrogen-bond acceptors (Lipinski definition) is 1. The average molecular weight is 159 g/mol. The molecule has 0 bridgehead atoms. The lowest BCUT2D eigenvalue weighted by molar-refractivity contribution is 1.01. The summed E-state index contributed by atoms with van der Waals surface area (Å²) in [7, 11) is 0. The highest BCUT2D eigenvalue weighted by atomic mass is 32.1. The van der Waals surface area contributed by atoms with Crippen molar-refractivity contribution in [1.82, 2.24) is 5.32 Å². The minimum absolute atomic E-state index is 0.504. The van der Waals surface area contributed by atoms with Crippen LogP contribution in [-0.2, 0) is 0 Å². The average Bonchev–Trinajstić information content (AvgIpc) is 1.83. The maximum Gasteiger partial charge on any atom is 0.130 e. The quantitative estimate of drug-likeness (QED) is 0.360. The molecule has 0 aromatic carbocycles. The van der Waals surface area contributed by atoms with Gasteiger partial charge in [0.1, 0.15) is 4.32 Å². The molecule has 3 heteroatoms. The van der Waals surface area contributed by atoms with Crippen molar-refractivity contribution >= 4 is 29.2 Å². The van der Waals surface area contributed by atoms with Gasteiger partial charge in [-0.2, -0.15) is 0 Å². The number of nitrogens with one attached hydrogen (secondary N) is 1. The van der Waals surface area contributed by atoms with E-state index in [2.05, 4.69) is 42.5 Å². The summed E-state index contributed by atoms with van der Waals surface area (Å²) in [5.74, 6) is 0. The van der Waals surface area contributed by atoms with E-state index in [1.54, 1.807) is 0 Å². The zero-order chi connectivity index (χ0) is 7.28. The lowest BCUT2D eigenvalue weighted by Gasteiger charge is -1.98. The number of thiocarbonyl (C=S) groups is 1. The third-order valence-corrected chi connectivity index (χ3v) is 1.11. The first-order valence-corrected chi connectivity index (χ1v) is 3.34. The fourth-order valence-electron chi connectivity index (χ4n) is 0.271. The second-order valence-corrected chi connectivity index (χ2v) is 2.77. The molecule has 0 aliphatic rings. The molecular weight excluding hydrogens is 150 g/mol. The maximum absolute atomic E-state index is 4.65. The zero-order valence-electron chi connectivity index (χ0n) is 5.27. The summed E-state index contributed by atoms with van der Waals surface area (Å²) in [6, 6.07) is 0. The van der Waals surface area contributed by atoms with Crippen LogP contribution in [-0.4, -0.2) is 10.9 Å². The first kappa shape index (κ1) is 8.76. The molecule has 0 heterocycles. The molecule has 50 valence electrons. The van der Waals surface area contributed by atoms with Crippen molar-refractivity contribution in [2.75, 3.05) is 6.54 Å². The summed E-state index contributed by atoms with van der Waals surface area (Å²) in [6.07, 6.45) is 0. The van der Waals surface area contributed by atoms with E-state index in [1.807, 2.05) is 6.92 Å². The summed E-state index contributed by atoms with van der Waals surface area (Å²) in [6.45, 7) is 6.08. The lowest BCUT2D eigenvalue weighted by Crippen LogP contribution is -2.17. The molecule has 0 saturated heterocycles. The fourth-order valence-corrected chi connectivity index (χ4v) is 0.422. The number of rotatable bonds is 2. The molecule has 0 saturated carbocycles. The second-order valence-electron chi connectivity index (χ2n) is 1.62. The van der Waals surface area contributed by atoms with Gasteiger partial charge in [0, 0.05) is 6.54 Å². The molecule has 0 atom stereocenters. The van der Waals surface area contributed by atoms with Gasteiger partial charge < -0.3 is 5.32 Å². The Kier molecular flexibility index (Phi) is 4.50. The summed E-state index contributed by atoms with van der Waals surface area (Å²) < 4.78 is 0.504. The minimum Gasteiger partial charge on any atom is -0.367 e. The molecule has 1 nitrogen and oxygen atoms in total. The Balaban J connectivity index is 3.52. The highest BCUT2D eigenvalue weighted by molar-refractivity contribution is 8.11. The van der Waals surface area contributed by atoms with E-state index in [9.17, 15) is 0 Å². The predicted octanol–water partition coefficient (Wildman–Crippen LogP) is 1.52. The highest BCUT2D eigenvalue weighted by Gasteiger charge is 1.86. The molecule has 0 rings (SSSR count). The van der Waals surface area contributed by atoms with Gasteiger partial charge in [-0.3, -0.25) is 0 Å². The van der Waals surface area contributed by atoms with Crippen molar-refractivity contribution in [2.45, 2.75) is 6.92 Å². The Morgan fingerprint density at radius 2 is 2.44 bits per heavy atom. The molecule has 0 aromatic heterocycles. The molecular formula is C6H9NS2. The number of hydrogen-bond donors (Lipinski definition) is 2. The van der Waals surface area contributed by atoms with E-state index in [0.717, 1.165) is 5.57 Å². The largest absolute Gasteiger partial charge is 0.367 e. The van der Waals surface area contributed by atoms with Crippen LogP contribution in [0.2, 0.25) is 0 Å². The predicted molar refractivity (Wildman–Crippen MR) is 47.9 cm³/mol. The second kappa shape index (κ2) is 4.62. The molecule has 0 aliphatic carbocycles. The maximum atomic E-state index is 4.65. The van der Waals surface area contributed by atoms with Crippen LogP contribution in [0, 0.1) is 0 Å². The summed E-state index contributed by atoms with van der Waals surface area (Å²) >= 11 is 8.52. The van der Waals surface area contributed by atoms with Gasteiger partial charge in [0.25, 0.3) is 0 Å². The van der Waals surface area contributed by atoms with Crippen molar-refractivity contribution in [2.24, 2.45) is 0 Å². The van der Waals surface area contributed by atoms with E-state index in [-0.39, 0.29) is 0 Å². The van der Waals surface area contributed by atoms with Crippen LogP contribution in [0.1, 0.15) is 6.92 Å². The van der Waals surface area contributed by atoms with Crippen molar-refractivity contribution in [3.8, 4) is 0 Å². The molecule has 0 radical (unpaired) electrons. The molecule has 0 aliphatic heterocycles. The van der Waals surface area contributed by atoms with Gasteiger partial charge in [-0.25, -0.2) is 0 Å². The van der Waals surface area contributed by atoms with E-state index in [0.29, 0.717) is 10.9 Å². The third-order valence-electron chi connectivity index (χ3n) is 0.807. The van der Waals surface area contributed by atoms with Crippen molar-refractivity contribution in [1.29, 1.82) is 0 Å². The van der Waals surface area contributed by atoms with Gasteiger partial charge in [0.2, 0.25) is 0 Å². The minimum atomic E-state index is 0.504. The Hall–Kier alpha value is -0.240. The molecule has 0 amide bonds. The summed E-state index contributed by atoms with van der Waals surface area (Å²) in [5.41, 5.74) is 3.76. The Morgan fingerprint density at radius 1 is 1.89 bits per heavy atom. The van der Waals surface area contributed by atoms with E-state index >= 15 is 0 Å².